The molecule has 2 aromatic carbocycles. The molecule has 0 bridgehead atoms. The zero-order valence-electron chi connectivity index (χ0n) is 14.7. The van der Waals surface area contributed by atoms with Crippen LogP contribution in [-0.2, 0) is 17.1 Å². The highest BCUT2D eigenvalue weighted by Gasteiger charge is 2.37. The van der Waals surface area contributed by atoms with Crippen molar-refractivity contribution in [1.82, 2.24) is 0 Å². The summed E-state index contributed by atoms with van der Waals surface area (Å²) in [5.41, 5.74) is -3.58. The van der Waals surface area contributed by atoms with E-state index in [4.69, 9.17) is 0 Å². The van der Waals surface area contributed by atoms with Crippen molar-refractivity contribution in [3.05, 3.63) is 70.3 Å². The Bertz CT molecular complexity index is 850. The number of Topliss-reactive ketones (excluding diaryl/α,β-unsaturated/α-hetero) is 1. The molecule has 30 heavy (non-hydrogen) atoms. The minimum atomic E-state index is -4.80. The van der Waals surface area contributed by atoms with Crippen LogP contribution in [0.25, 0.3) is 0 Å². The molecule has 2 aromatic rings. The van der Waals surface area contributed by atoms with E-state index in [1.165, 1.54) is 0 Å². The molecule has 0 aliphatic heterocycles. The Morgan fingerprint density at radius 1 is 0.733 bits per heavy atom. The van der Waals surface area contributed by atoms with E-state index in [0.717, 1.165) is 0 Å². The summed E-state index contributed by atoms with van der Waals surface area (Å²) in [6.45, 7) is 0. The molecule has 0 amide bonds. The van der Waals surface area contributed by atoms with E-state index in [1.807, 2.05) is 0 Å². The molecule has 11 heteroatoms. The lowest BCUT2D eigenvalue weighted by atomic mass is 9.84. The second-order valence-corrected chi connectivity index (χ2v) is 7.58. The molecule has 0 aliphatic carbocycles. The zero-order chi connectivity index (χ0) is 22.9. The van der Waals surface area contributed by atoms with Gasteiger partial charge in [0, 0.05) is 10.7 Å². The number of carbonyl (C=O) groups is 1. The van der Waals surface area contributed by atoms with E-state index < -0.39 is 63.9 Å². The predicted octanol–water partition coefficient (Wildman–Crippen LogP) is 7.23. The largest absolute Gasteiger partial charge is 0.416 e. The third-order valence-electron chi connectivity index (χ3n) is 4.39. The molecule has 0 aliphatic rings. The fourth-order valence-corrected chi connectivity index (χ4v) is 4.18. The van der Waals surface area contributed by atoms with Gasteiger partial charge in [0.1, 0.15) is 17.4 Å². The molecule has 0 fully saturated rings. The first kappa shape index (κ1) is 24.8. The number of rotatable bonds is 6. The van der Waals surface area contributed by atoms with Gasteiger partial charge in [-0.2, -0.15) is 26.3 Å². The minimum Gasteiger partial charge on any atom is -0.298 e. The normalized spacial score (nSPS) is 14.5. The maximum Gasteiger partial charge on any atom is 0.416 e. The monoisotopic (exact) mass is 566 g/mol. The van der Waals surface area contributed by atoms with Gasteiger partial charge in [-0.1, -0.05) is 31.9 Å². The Kier molecular flexibility index (Phi) is 7.71. The molecule has 0 heterocycles. The number of benzene rings is 2. The van der Waals surface area contributed by atoms with Crippen LogP contribution in [0.2, 0.25) is 0 Å². The summed E-state index contributed by atoms with van der Waals surface area (Å²) in [5.74, 6) is -6.13. The van der Waals surface area contributed by atoms with Crippen molar-refractivity contribution in [1.29, 1.82) is 0 Å². The standard InChI is InChI=1S/C19H12Br2F8O/c20-7-13(11-5-9(18(24,25)26)1-3-15(11)22)17(30)14(8-21)12-6-10(19(27,28)29)2-4-16(12)23/h1-6,13-14H,7-8H2. The van der Waals surface area contributed by atoms with Crippen LogP contribution in [0.1, 0.15) is 34.1 Å². The highest BCUT2D eigenvalue weighted by Crippen LogP contribution is 2.37. The second-order valence-electron chi connectivity index (χ2n) is 6.28. The van der Waals surface area contributed by atoms with Gasteiger partial charge in [0.25, 0.3) is 0 Å². The lowest BCUT2D eigenvalue weighted by Gasteiger charge is -2.22. The van der Waals surface area contributed by atoms with Crippen LogP contribution in [0.4, 0.5) is 35.1 Å². The summed E-state index contributed by atoms with van der Waals surface area (Å²) in [5, 5.41) is -0.651. The Labute approximate surface area is 182 Å². The van der Waals surface area contributed by atoms with Crippen molar-refractivity contribution < 1.29 is 39.9 Å². The average Bonchev–Trinajstić information content (AvgIpc) is 2.64. The quantitative estimate of drug-likeness (QED) is 0.266. The van der Waals surface area contributed by atoms with Crippen molar-refractivity contribution in [3.63, 3.8) is 0 Å². The number of alkyl halides is 8. The molecular formula is C19H12Br2F8O. The summed E-state index contributed by atoms with van der Waals surface area (Å²) >= 11 is 5.88. The summed E-state index contributed by atoms with van der Waals surface area (Å²) in [4.78, 5) is 13.0. The number of ketones is 1. The topological polar surface area (TPSA) is 17.1 Å². The molecule has 164 valence electrons. The van der Waals surface area contributed by atoms with E-state index in [-0.39, 0.29) is 10.7 Å². The summed E-state index contributed by atoms with van der Waals surface area (Å²) < 4.78 is 106. The average molecular weight is 568 g/mol. The maximum atomic E-state index is 14.2. The van der Waals surface area contributed by atoms with Gasteiger partial charge in [-0.25, -0.2) is 8.78 Å². The summed E-state index contributed by atoms with van der Waals surface area (Å²) in [6.07, 6.45) is -9.60. The Morgan fingerprint density at radius 3 is 1.33 bits per heavy atom. The number of carbonyl (C=O) groups excluding carboxylic acids is 1. The van der Waals surface area contributed by atoms with Gasteiger partial charge in [-0.15, -0.1) is 0 Å². The molecule has 2 rings (SSSR count). The molecule has 2 unspecified atom stereocenters. The summed E-state index contributed by atoms with van der Waals surface area (Å²) in [6, 6.07) is 3.04. The lowest BCUT2D eigenvalue weighted by molar-refractivity contribution is -0.138. The molecule has 0 saturated heterocycles. The van der Waals surface area contributed by atoms with Gasteiger partial charge in [0.15, 0.2) is 0 Å². The predicted molar refractivity (Wildman–Crippen MR) is 101 cm³/mol. The molecule has 0 radical (unpaired) electrons. The van der Waals surface area contributed by atoms with Crippen LogP contribution in [0, 0.1) is 11.6 Å². The fourth-order valence-electron chi connectivity index (χ4n) is 2.84. The second kappa shape index (κ2) is 9.33. The molecule has 0 aromatic heterocycles. The van der Waals surface area contributed by atoms with Crippen LogP contribution in [0.3, 0.4) is 0 Å². The van der Waals surface area contributed by atoms with Gasteiger partial charge >= 0.3 is 12.4 Å². The van der Waals surface area contributed by atoms with Gasteiger partial charge < -0.3 is 0 Å². The summed E-state index contributed by atoms with van der Waals surface area (Å²) in [7, 11) is 0. The first-order valence-electron chi connectivity index (χ1n) is 8.20. The molecule has 0 N–H and O–H groups in total. The zero-order valence-corrected chi connectivity index (χ0v) is 17.9. The van der Waals surface area contributed by atoms with E-state index in [2.05, 4.69) is 31.9 Å². The van der Waals surface area contributed by atoms with Gasteiger partial charge in [-0.05, 0) is 47.5 Å². The van der Waals surface area contributed by atoms with Gasteiger partial charge in [0.05, 0.1) is 23.0 Å². The number of hydrogen-bond acceptors (Lipinski definition) is 1. The molecule has 2 atom stereocenters. The Morgan fingerprint density at radius 2 is 1.07 bits per heavy atom. The Hall–Kier alpha value is -1.49. The number of halogens is 10. The highest BCUT2D eigenvalue weighted by molar-refractivity contribution is 9.09. The van der Waals surface area contributed by atoms with Crippen molar-refractivity contribution in [2.75, 3.05) is 10.7 Å². The molecule has 0 saturated carbocycles. The highest BCUT2D eigenvalue weighted by atomic mass is 79.9. The van der Waals surface area contributed by atoms with Gasteiger partial charge in [-0.3, -0.25) is 4.79 Å². The third-order valence-corrected chi connectivity index (χ3v) is 5.69. The smallest absolute Gasteiger partial charge is 0.298 e. The Balaban J connectivity index is 2.54. The van der Waals surface area contributed by atoms with E-state index in [9.17, 15) is 39.9 Å². The first-order chi connectivity index (χ1) is 13.8. The first-order valence-corrected chi connectivity index (χ1v) is 10.4. The van der Waals surface area contributed by atoms with Crippen LogP contribution in [-0.4, -0.2) is 16.4 Å². The number of hydrogen-bond donors (Lipinski definition) is 0. The van der Waals surface area contributed by atoms with E-state index >= 15 is 0 Å². The van der Waals surface area contributed by atoms with E-state index in [1.54, 1.807) is 0 Å². The molecular weight excluding hydrogens is 556 g/mol. The van der Waals surface area contributed by atoms with Crippen molar-refractivity contribution in [2.24, 2.45) is 0 Å². The lowest BCUT2D eigenvalue weighted by Crippen LogP contribution is -2.25. The van der Waals surface area contributed by atoms with Crippen molar-refractivity contribution in [3.8, 4) is 0 Å². The van der Waals surface area contributed by atoms with Crippen LogP contribution in [0.5, 0.6) is 0 Å². The van der Waals surface area contributed by atoms with Crippen LogP contribution >= 0.6 is 31.9 Å². The third kappa shape index (κ3) is 5.40. The van der Waals surface area contributed by atoms with Gasteiger partial charge in [0.2, 0.25) is 0 Å². The van der Waals surface area contributed by atoms with E-state index in [0.29, 0.717) is 36.4 Å². The van der Waals surface area contributed by atoms with Crippen molar-refractivity contribution in [2.45, 2.75) is 24.2 Å². The molecule has 1 nitrogen and oxygen atoms in total. The van der Waals surface area contributed by atoms with Crippen molar-refractivity contribution >= 4 is 37.6 Å². The minimum absolute atomic E-state index is 0.325. The van der Waals surface area contributed by atoms with Crippen LogP contribution in [0.15, 0.2) is 36.4 Å². The molecule has 0 spiro atoms. The fraction of sp³-hybridized carbons (Fsp3) is 0.316. The maximum absolute atomic E-state index is 14.2. The SMILES string of the molecule is O=C(C(CBr)c1cc(C(F)(F)F)ccc1F)C(CBr)c1cc(C(F)(F)F)ccc1F. The van der Waals surface area contributed by atoms with Crippen LogP contribution < -0.4 is 0 Å².